The van der Waals surface area contributed by atoms with Crippen molar-refractivity contribution in [3.8, 4) is 44.9 Å². The van der Waals surface area contributed by atoms with E-state index in [2.05, 4.69) is 172 Å². The normalized spacial score (nSPS) is 12.2. The standard InChI is InChI=1S/C48H28N4/c1-2-11-33(12-3-1)51-43-16-7-6-13-34(43)38-24-31(17-19-44(38)51)32-18-20-45-39(25-32)40-23-29-9-4-5-10-30(29)26-46(40)52(45)47-27-37-36-21-22-49-42-15-8-14-35(48(36)42)41(37)28-50-47/h1-28H. The zero-order valence-corrected chi connectivity index (χ0v) is 28.0. The molecule has 4 heterocycles. The molecular formula is C48H28N4. The van der Waals surface area contributed by atoms with Crippen molar-refractivity contribution in [3.05, 3.63) is 170 Å². The predicted molar refractivity (Wildman–Crippen MR) is 216 cm³/mol. The summed E-state index contributed by atoms with van der Waals surface area (Å²) in [5.74, 6) is 0.912. The van der Waals surface area contributed by atoms with E-state index in [9.17, 15) is 0 Å². The second-order valence-corrected chi connectivity index (χ2v) is 13.9. The van der Waals surface area contributed by atoms with Gasteiger partial charge in [-0.15, -0.1) is 0 Å². The third-order valence-electron chi connectivity index (χ3n) is 11.1. The minimum atomic E-state index is 0.912. The van der Waals surface area contributed by atoms with Crippen molar-refractivity contribution in [2.75, 3.05) is 0 Å². The van der Waals surface area contributed by atoms with E-state index in [1.807, 2.05) is 12.4 Å². The first-order chi connectivity index (χ1) is 25.8. The Morgan fingerprint density at radius 1 is 0.385 bits per heavy atom. The lowest BCUT2D eigenvalue weighted by atomic mass is 10.00. The minimum absolute atomic E-state index is 0.912. The summed E-state index contributed by atoms with van der Waals surface area (Å²) in [6, 6.07) is 57.3. The second kappa shape index (κ2) is 10.3. The molecule has 4 heteroatoms. The van der Waals surface area contributed by atoms with E-state index in [0.29, 0.717) is 0 Å². The Morgan fingerprint density at radius 3 is 1.90 bits per heavy atom. The number of pyridine rings is 2. The van der Waals surface area contributed by atoms with E-state index >= 15 is 0 Å². The number of para-hydroxylation sites is 2. The molecule has 0 spiro atoms. The van der Waals surface area contributed by atoms with Crippen molar-refractivity contribution in [1.82, 2.24) is 19.1 Å². The number of rotatable bonds is 3. The lowest BCUT2D eigenvalue weighted by Gasteiger charge is -2.11. The molecular weight excluding hydrogens is 633 g/mol. The first kappa shape index (κ1) is 27.7. The van der Waals surface area contributed by atoms with Gasteiger partial charge in [-0.3, -0.25) is 9.55 Å². The summed E-state index contributed by atoms with van der Waals surface area (Å²) < 4.78 is 4.72. The molecule has 240 valence electrons. The van der Waals surface area contributed by atoms with Gasteiger partial charge >= 0.3 is 0 Å². The summed E-state index contributed by atoms with van der Waals surface area (Å²) in [5, 5.41) is 8.58. The maximum atomic E-state index is 5.15. The average molecular weight is 661 g/mol. The first-order valence-electron chi connectivity index (χ1n) is 17.7. The van der Waals surface area contributed by atoms with Crippen LogP contribution in [0.1, 0.15) is 0 Å². The molecule has 52 heavy (non-hydrogen) atoms. The van der Waals surface area contributed by atoms with Gasteiger partial charge in [-0.05, 0) is 111 Å². The van der Waals surface area contributed by atoms with Gasteiger partial charge in [0.2, 0.25) is 0 Å². The van der Waals surface area contributed by atoms with Crippen molar-refractivity contribution in [2.45, 2.75) is 0 Å². The SMILES string of the molecule is c1ccc(-n2c3ccccc3c3cc(-c4ccc5c(c4)c4cc6ccccc6cc4n5-c4cc5c(cn4)-c4cccc6nccc-5c46)ccc32)cc1. The fraction of sp³-hybridized carbons (Fsp3) is 0. The van der Waals surface area contributed by atoms with E-state index in [1.54, 1.807) is 0 Å². The summed E-state index contributed by atoms with van der Waals surface area (Å²) in [6.45, 7) is 0. The molecule has 7 aromatic carbocycles. The minimum Gasteiger partial charge on any atom is -0.309 e. The molecule has 0 radical (unpaired) electrons. The molecule has 0 fully saturated rings. The molecule has 0 N–H and O–H groups in total. The highest BCUT2D eigenvalue weighted by Crippen LogP contribution is 2.47. The highest BCUT2D eigenvalue weighted by molar-refractivity contribution is 6.17. The largest absolute Gasteiger partial charge is 0.309 e. The van der Waals surface area contributed by atoms with Gasteiger partial charge in [0.15, 0.2) is 0 Å². The topological polar surface area (TPSA) is 35.6 Å². The van der Waals surface area contributed by atoms with Crippen LogP contribution in [0.2, 0.25) is 0 Å². The number of hydrogen-bond acceptors (Lipinski definition) is 2. The summed E-state index contributed by atoms with van der Waals surface area (Å²) in [6.07, 6.45) is 3.97. The third-order valence-corrected chi connectivity index (χ3v) is 11.1. The van der Waals surface area contributed by atoms with Crippen LogP contribution in [0.5, 0.6) is 0 Å². The Labute approximate surface area is 298 Å². The number of aromatic nitrogens is 4. The molecule has 1 aliphatic carbocycles. The van der Waals surface area contributed by atoms with Gasteiger partial charge in [-0.1, -0.05) is 84.9 Å². The molecule has 0 amide bonds. The highest BCUT2D eigenvalue weighted by Gasteiger charge is 2.24. The van der Waals surface area contributed by atoms with Crippen LogP contribution in [0.3, 0.4) is 0 Å². The smallest absolute Gasteiger partial charge is 0.138 e. The van der Waals surface area contributed by atoms with Crippen molar-refractivity contribution >= 4 is 65.3 Å². The predicted octanol–water partition coefficient (Wildman–Crippen LogP) is 12.3. The number of benzene rings is 7. The molecule has 0 bridgehead atoms. The molecule has 0 unspecified atom stereocenters. The van der Waals surface area contributed by atoms with Crippen LogP contribution in [0, 0.1) is 0 Å². The van der Waals surface area contributed by atoms with Gasteiger partial charge < -0.3 is 4.57 Å². The lowest BCUT2D eigenvalue weighted by Crippen LogP contribution is -1.98. The van der Waals surface area contributed by atoms with E-state index in [0.717, 1.165) is 27.9 Å². The maximum Gasteiger partial charge on any atom is 0.138 e. The fourth-order valence-electron chi connectivity index (χ4n) is 8.80. The molecule has 0 aliphatic heterocycles. The maximum absolute atomic E-state index is 5.15. The molecule has 0 atom stereocenters. The van der Waals surface area contributed by atoms with Crippen molar-refractivity contribution in [1.29, 1.82) is 0 Å². The van der Waals surface area contributed by atoms with Crippen molar-refractivity contribution in [2.24, 2.45) is 0 Å². The van der Waals surface area contributed by atoms with Gasteiger partial charge in [-0.2, -0.15) is 0 Å². The Bertz CT molecular complexity index is 3290. The summed E-state index contributed by atoms with van der Waals surface area (Å²) >= 11 is 0. The molecule has 0 saturated carbocycles. The van der Waals surface area contributed by atoms with Gasteiger partial charge in [0.05, 0.1) is 27.6 Å². The van der Waals surface area contributed by atoms with Crippen LogP contribution in [0.15, 0.2) is 170 Å². The van der Waals surface area contributed by atoms with Crippen LogP contribution < -0.4 is 0 Å². The highest BCUT2D eigenvalue weighted by atomic mass is 15.1. The molecule has 0 saturated heterocycles. The molecule has 1 aliphatic rings. The number of fused-ring (bicyclic) bond motifs is 10. The monoisotopic (exact) mass is 660 g/mol. The Hall–Kier alpha value is -7.04. The van der Waals surface area contributed by atoms with Crippen LogP contribution in [-0.4, -0.2) is 19.1 Å². The van der Waals surface area contributed by atoms with E-state index in [4.69, 9.17) is 4.98 Å². The molecule has 4 nitrogen and oxygen atoms in total. The summed E-state index contributed by atoms with van der Waals surface area (Å²) in [5.41, 5.74) is 14.1. The Kier molecular flexibility index (Phi) is 5.47. The van der Waals surface area contributed by atoms with E-state index in [-0.39, 0.29) is 0 Å². The van der Waals surface area contributed by atoms with Gasteiger partial charge in [-0.25, -0.2) is 4.98 Å². The zero-order chi connectivity index (χ0) is 33.9. The van der Waals surface area contributed by atoms with Crippen LogP contribution >= 0.6 is 0 Å². The molecule has 11 aromatic rings. The van der Waals surface area contributed by atoms with E-state index < -0.39 is 0 Å². The lowest BCUT2D eigenvalue weighted by molar-refractivity contribution is 1.08. The van der Waals surface area contributed by atoms with Crippen molar-refractivity contribution < 1.29 is 0 Å². The third kappa shape index (κ3) is 3.75. The zero-order valence-electron chi connectivity index (χ0n) is 28.0. The average Bonchev–Trinajstić information content (AvgIpc) is 3.83. The van der Waals surface area contributed by atoms with Crippen LogP contribution in [0.4, 0.5) is 0 Å². The number of nitrogens with zero attached hydrogens (tertiary/aromatic N) is 4. The van der Waals surface area contributed by atoms with E-state index in [1.165, 1.54) is 82.2 Å². The first-order valence-corrected chi connectivity index (χ1v) is 17.7. The fourth-order valence-corrected chi connectivity index (χ4v) is 8.80. The second-order valence-electron chi connectivity index (χ2n) is 13.9. The Balaban J connectivity index is 1.09. The van der Waals surface area contributed by atoms with Crippen LogP contribution in [-0.2, 0) is 0 Å². The summed E-state index contributed by atoms with van der Waals surface area (Å²) in [4.78, 5) is 9.82. The summed E-state index contributed by atoms with van der Waals surface area (Å²) in [7, 11) is 0. The van der Waals surface area contributed by atoms with Crippen molar-refractivity contribution in [3.63, 3.8) is 0 Å². The van der Waals surface area contributed by atoms with Gasteiger partial charge in [0, 0.05) is 50.6 Å². The van der Waals surface area contributed by atoms with Gasteiger partial charge in [0.25, 0.3) is 0 Å². The number of hydrogen-bond donors (Lipinski definition) is 0. The quantitative estimate of drug-likeness (QED) is 0.189. The Morgan fingerprint density at radius 2 is 1.06 bits per heavy atom. The van der Waals surface area contributed by atoms with Gasteiger partial charge in [0.1, 0.15) is 5.82 Å². The molecule has 12 rings (SSSR count). The van der Waals surface area contributed by atoms with Crippen LogP contribution in [0.25, 0.3) is 110 Å². The molecule has 4 aromatic heterocycles.